The summed E-state index contributed by atoms with van der Waals surface area (Å²) in [4.78, 5) is 13.1. The van der Waals surface area contributed by atoms with E-state index in [4.69, 9.17) is 15.5 Å². The average Bonchev–Trinajstić information content (AvgIpc) is 3.61. The number of sulfonamides is 1. The predicted molar refractivity (Wildman–Crippen MR) is 172 cm³/mol. The van der Waals surface area contributed by atoms with Crippen LogP contribution in [0.5, 0.6) is 5.75 Å². The van der Waals surface area contributed by atoms with E-state index in [-0.39, 0.29) is 0 Å². The van der Waals surface area contributed by atoms with E-state index in [1.165, 1.54) is 36.5 Å². The number of H-pyrrole nitrogens is 1. The van der Waals surface area contributed by atoms with E-state index < -0.39 is 15.8 Å². The second kappa shape index (κ2) is 9.90. The number of nitrogens with two attached hydrogens (primary N) is 1. The molecule has 0 saturated carbocycles. The van der Waals surface area contributed by atoms with E-state index >= 15 is 0 Å². The molecule has 228 valence electrons. The fourth-order valence-electron chi connectivity index (χ4n) is 7.45. The van der Waals surface area contributed by atoms with Gasteiger partial charge in [-0.2, -0.15) is 0 Å². The van der Waals surface area contributed by atoms with E-state index in [0.717, 1.165) is 35.5 Å². The van der Waals surface area contributed by atoms with Gasteiger partial charge in [0.15, 0.2) is 0 Å². The summed E-state index contributed by atoms with van der Waals surface area (Å²) in [5.74, 6) is 0.539. The lowest BCUT2D eigenvalue weighted by Crippen LogP contribution is -2.58. The van der Waals surface area contributed by atoms with Gasteiger partial charge in [0, 0.05) is 50.7 Å². The van der Waals surface area contributed by atoms with Gasteiger partial charge in [-0.3, -0.25) is 10.0 Å². The Morgan fingerprint density at radius 1 is 1.12 bits per heavy atom. The number of benzene rings is 2. The highest BCUT2D eigenvalue weighted by Gasteiger charge is 2.44. The van der Waals surface area contributed by atoms with Crippen molar-refractivity contribution >= 4 is 38.7 Å². The number of aromatic amines is 1. The first-order valence-corrected chi connectivity index (χ1v) is 16.7. The van der Waals surface area contributed by atoms with Crippen molar-refractivity contribution in [2.45, 2.75) is 32.0 Å². The van der Waals surface area contributed by atoms with E-state index in [1.807, 2.05) is 30.5 Å². The number of anilines is 4. The van der Waals surface area contributed by atoms with Crippen LogP contribution in [0.15, 0.2) is 47.6 Å². The van der Waals surface area contributed by atoms with Crippen LogP contribution in [0.1, 0.15) is 35.1 Å². The second-order valence-corrected chi connectivity index (χ2v) is 14.5. The summed E-state index contributed by atoms with van der Waals surface area (Å²) in [6.45, 7) is 6.95. The van der Waals surface area contributed by atoms with Crippen LogP contribution in [-0.2, 0) is 22.2 Å². The van der Waals surface area contributed by atoms with E-state index in [1.54, 1.807) is 7.11 Å². The van der Waals surface area contributed by atoms with Gasteiger partial charge in [0.05, 0.1) is 35.9 Å². The Hall–Kier alpha value is -3.74. The fraction of sp³-hybridized carbons (Fsp3) is 0.452. The monoisotopic (exact) mass is 604 g/mol. The van der Waals surface area contributed by atoms with E-state index in [9.17, 15) is 8.42 Å². The molecule has 11 nitrogen and oxygen atoms in total. The quantitative estimate of drug-likeness (QED) is 0.349. The number of nitrogens with zero attached hydrogens (tertiary/aromatic N) is 4. The van der Waals surface area contributed by atoms with Crippen molar-refractivity contribution in [2.75, 3.05) is 73.0 Å². The zero-order valence-corrected chi connectivity index (χ0v) is 26.0. The number of piperidine rings is 1. The summed E-state index contributed by atoms with van der Waals surface area (Å²) in [6.07, 6.45) is 6.10. The number of likely N-dealkylation sites (tertiary alicyclic amines) is 1. The van der Waals surface area contributed by atoms with Crippen LogP contribution in [0.2, 0.25) is 0 Å². The molecule has 2 saturated heterocycles. The SMILES string of the molecule is COc1cc(N2CCC3(CC2)CN(C)C3)c(C)cc1C1(N)N=C(Nc2cccc3c2N(S(C)(=O)=O)CC3)c2cc[nH]c2N1. The van der Waals surface area contributed by atoms with Crippen LogP contribution in [-0.4, -0.2) is 77.3 Å². The predicted octanol–water partition coefficient (Wildman–Crippen LogP) is 3.24. The second-order valence-electron chi connectivity index (χ2n) is 12.6. The molecule has 2 fully saturated rings. The lowest BCUT2D eigenvalue weighted by atomic mass is 9.72. The third-order valence-electron chi connectivity index (χ3n) is 9.52. The molecule has 0 bridgehead atoms. The number of amidine groups is 1. The molecular formula is C31H40N8O3S. The molecule has 0 aliphatic carbocycles. The van der Waals surface area contributed by atoms with Gasteiger partial charge in [0.1, 0.15) is 17.4 Å². The summed E-state index contributed by atoms with van der Waals surface area (Å²) in [5.41, 5.74) is 13.6. The third-order valence-corrected chi connectivity index (χ3v) is 10.7. The Kier molecular flexibility index (Phi) is 6.46. The number of para-hydroxylation sites is 1. The van der Waals surface area contributed by atoms with Gasteiger partial charge < -0.3 is 30.2 Å². The number of nitrogens with one attached hydrogen (secondary N) is 3. The Balaban J connectivity index is 1.23. The number of rotatable bonds is 5. The van der Waals surface area contributed by atoms with Crippen LogP contribution in [0.4, 0.5) is 22.9 Å². The number of aliphatic imine (C=N–C) groups is 1. The Morgan fingerprint density at radius 2 is 1.88 bits per heavy atom. The van der Waals surface area contributed by atoms with E-state index in [2.05, 4.69) is 51.5 Å². The van der Waals surface area contributed by atoms with Crippen LogP contribution < -0.4 is 30.3 Å². The summed E-state index contributed by atoms with van der Waals surface area (Å²) in [5, 5.41) is 6.83. The molecule has 5 heterocycles. The number of aromatic nitrogens is 1. The normalized spacial score (nSPS) is 22.9. The van der Waals surface area contributed by atoms with Crippen molar-refractivity contribution in [3.63, 3.8) is 0 Å². The standard InChI is InChI=1S/C31H40N8O3S/c1-20-16-23(26(42-3)17-25(20)38-14-10-30(11-15-38)18-37(2)19-30)31(32)35-28-22(8-12-33-28)29(36-31)34-24-7-5-6-21-9-13-39(27(21)24)43(4,40)41/h5-8,12,16-17,33,35H,9-11,13-15,18-19,32H2,1-4H3,(H,34,36). The van der Waals surface area contributed by atoms with Crippen LogP contribution in [0.25, 0.3) is 0 Å². The zero-order valence-electron chi connectivity index (χ0n) is 25.2. The van der Waals surface area contributed by atoms with Crippen molar-refractivity contribution in [1.29, 1.82) is 0 Å². The minimum Gasteiger partial charge on any atom is -0.496 e. The molecule has 43 heavy (non-hydrogen) atoms. The van der Waals surface area contributed by atoms with Gasteiger partial charge in [-0.05, 0) is 68.0 Å². The maximum atomic E-state index is 12.6. The molecule has 7 rings (SSSR count). The van der Waals surface area contributed by atoms with Crippen molar-refractivity contribution in [3.05, 3.63) is 64.8 Å². The highest BCUT2D eigenvalue weighted by Crippen LogP contribution is 2.44. The molecule has 2 aromatic carbocycles. The maximum Gasteiger partial charge on any atom is 0.232 e. The van der Waals surface area contributed by atoms with Gasteiger partial charge >= 0.3 is 0 Å². The molecule has 5 N–H and O–H groups in total. The smallest absolute Gasteiger partial charge is 0.232 e. The van der Waals surface area contributed by atoms with Gasteiger partial charge in [-0.15, -0.1) is 0 Å². The summed E-state index contributed by atoms with van der Waals surface area (Å²) in [7, 11) is 0.418. The Labute approximate surface area is 253 Å². The maximum absolute atomic E-state index is 12.6. The van der Waals surface area contributed by atoms with Crippen LogP contribution in [0, 0.1) is 12.3 Å². The van der Waals surface area contributed by atoms with Gasteiger partial charge in [0.25, 0.3) is 0 Å². The number of hydrogen-bond acceptors (Lipinski definition) is 9. The first kappa shape index (κ1) is 28.1. The van der Waals surface area contributed by atoms with Gasteiger partial charge in [-0.1, -0.05) is 12.1 Å². The molecule has 1 spiro atoms. The van der Waals surface area contributed by atoms with Crippen molar-refractivity contribution < 1.29 is 13.2 Å². The molecule has 1 unspecified atom stereocenters. The lowest BCUT2D eigenvalue weighted by molar-refractivity contribution is 0.00130. The summed E-state index contributed by atoms with van der Waals surface area (Å²) in [6, 6.07) is 11.9. The van der Waals surface area contributed by atoms with Crippen molar-refractivity contribution in [1.82, 2.24) is 9.88 Å². The Bertz CT molecular complexity index is 1720. The first-order chi connectivity index (χ1) is 20.5. The summed E-state index contributed by atoms with van der Waals surface area (Å²) < 4.78 is 32.6. The average molecular weight is 605 g/mol. The molecule has 3 aromatic rings. The molecule has 0 amide bonds. The molecule has 1 aromatic heterocycles. The van der Waals surface area contributed by atoms with Crippen LogP contribution in [0.3, 0.4) is 0 Å². The van der Waals surface area contributed by atoms with Crippen molar-refractivity contribution in [3.8, 4) is 5.75 Å². The minimum atomic E-state index is -3.44. The first-order valence-electron chi connectivity index (χ1n) is 14.8. The third kappa shape index (κ3) is 4.72. The number of methoxy groups -OCH3 is 1. The largest absolute Gasteiger partial charge is 0.496 e. The fourth-order valence-corrected chi connectivity index (χ4v) is 8.42. The number of aryl methyl sites for hydroxylation is 1. The topological polar surface area (TPSA) is 131 Å². The van der Waals surface area contributed by atoms with E-state index in [0.29, 0.717) is 52.7 Å². The molecule has 12 heteroatoms. The molecule has 4 aliphatic heterocycles. The number of ether oxygens (including phenoxy) is 1. The van der Waals surface area contributed by atoms with Gasteiger partial charge in [-0.25, -0.2) is 13.4 Å². The van der Waals surface area contributed by atoms with Crippen LogP contribution >= 0.6 is 0 Å². The number of hydrogen-bond donors (Lipinski definition) is 4. The molecule has 0 radical (unpaired) electrons. The Morgan fingerprint density at radius 3 is 2.58 bits per heavy atom. The highest BCUT2D eigenvalue weighted by molar-refractivity contribution is 7.92. The molecule has 1 atom stereocenters. The van der Waals surface area contributed by atoms with Crippen molar-refractivity contribution in [2.24, 2.45) is 16.1 Å². The molecular weight excluding hydrogens is 564 g/mol. The zero-order chi connectivity index (χ0) is 30.1. The minimum absolute atomic E-state index is 0.412. The number of fused-ring (bicyclic) bond motifs is 2. The summed E-state index contributed by atoms with van der Waals surface area (Å²) >= 11 is 0. The molecule has 4 aliphatic rings. The van der Waals surface area contributed by atoms with Gasteiger partial charge in [0.2, 0.25) is 15.8 Å². The lowest BCUT2D eigenvalue weighted by Gasteiger charge is -2.53. The highest BCUT2D eigenvalue weighted by atomic mass is 32.2.